The van der Waals surface area contributed by atoms with Crippen molar-refractivity contribution in [2.24, 2.45) is 0 Å². The van der Waals surface area contributed by atoms with Crippen LogP contribution >= 0.6 is 23.2 Å². The van der Waals surface area contributed by atoms with E-state index in [4.69, 9.17) is 27.9 Å². The second-order valence-electron chi connectivity index (χ2n) is 9.22. The van der Waals surface area contributed by atoms with Gasteiger partial charge in [-0.05, 0) is 84.3 Å². The lowest BCUT2D eigenvalue weighted by Crippen LogP contribution is -2.46. The number of halogens is 3. The second-order valence-corrected chi connectivity index (χ2v) is 10.1. The summed E-state index contributed by atoms with van der Waals surface area (Å²) in [6, 6.07) is 17.7. The van der Waals surface area contributed by atoms with Gasteiger partial charge in [0.05, 0.1) is 6.10 Å². The third-order valence-electron chi connectivity index (χ3n) is 6.43. The SMILES string of the molecule is O=C(NC[C@H]1CCCO1)[C@@H](c1ccc(F)cc1)N(C(=O)Cn1nnc(-c2ccc(Cl)cc2)n1)c1ccc(Cl)cc1. The molecule has 4 aromatic rings. The van der Waals surface area contributed by atoms with Crippen molar-refractivity contribution in [1.29, 1.82) is 0 Å². The van der Waals surface area contributed by atoms with E-state index >= 15 is 0 Å². The Morgan fingerprint density at radius 2 is 1.70 bits per heavy atom. The number of amides is 2. The Balaban J connectivity index is 1.47. The Kier molecular flexibility index (Phi) is 8.69. The fourth-order valence-electron chi connectivity index (χ4n) is 4.44. The van der Waals surface area contributed by atoms with Gasteiger partial charge in [-0.2, -0.15) is 4.80 Å². The minimum Gasteiger partial charge on any atom is -0.376 e. The Bertz CT molecular complexity index is 1460. The number of nitrogens with one attached hydrogen (secondary N) is 1. The van der Waals surface area contributed by atoms with Crippen molar-refractivity contribution in [1.82, 2.24) is 25.5 Å². The number of ether oxygens (including phenoxy) is 1. The standard InChI is InChI=1S/C28H25Cl2FN6O3/c29-20-7-3-19(4-8-20)27-33-35-36(34-27)17-25(38)37(23-13-9-21(30)10-14-23)26(18-5-11-22(31)12-6-18)28(39)32-16-24-2-1-15-40-24/h3-14,24,26H,1-2,15-17H2,(H,32,39)/t24-,26-/m1/s1. The van der Waals surface area contributed by atoms with Crippen LogP contribution in [0.3, 0.4) is 0 Å². The van der Waals surface area contributed by atoms with Gasteiger partial charge in [0.1, 0.15) is 18.4 Å². The molecule has 0 radical (unpaired) electrons. The summed E-state index contributed by atoms with van der Waals surface area (Å²) in [5.74, 6) is -1.09. The first-order valence-electron chi connectivity index (χ1n) is 12.6. The van der Waals surface area contributed by atoms with Gasteiger partial charge in [0.15, 0.2) is 0 Å². The summed E-state index contributed by atoms with van der Waals surface area (Å²) in [4.78, 5) is 30.1. The van der Waals surface area contributed by atoms with E-state index in [0.29, 0.717) is 39.3 Å². The molecule has 206 valence electrons. The zero-order chi connectivity index (χ0) is 28.1. The first kappa shape index (κ1) is 27.7. The lowest BCUT2D eigenvalue weighted by atomic mass is 10.0. The number of carbonyl (C=O) groups is 2. The van der Waals surface area contributed by atoms with Gasteiger partial charge < -0.3 is 10.1 Å². The van der Waals surface area contributed by atoms with Gasteiger partial charge in [-0.3, -0.25) is 14.5 Å². The number of anilines is 1. The highest BCUT2D eigenvalue weighted by Crippen LogP contribution is 2.30. The molecule has 1 aromatic heterocycles. The van der Waals surface area contributed by atoms with Crippen molar-refractivity contribution in [3.05, 3.63) is 94.2 Å². The van der Waals surface area contributed by atoms with Gasteiger partial charge in [0.2, 0.25) is 11.7 Å². The minimum atomic E-state index is -1.13. The number of aromatic nitrogens is 4. The number of hydrogen-bond acceptors (Lipinski definition) is 6. The summed E-state index contributed by atoms with van der Waals surface area (Å²) in [6.07, 6.45) is 1.64. The molecule has 2 atom stereocenters. The Hall–Kier alpha value is -3.86. The predicted octanol–water partition coefficient (Wildman–Crippen LogP) is 4.86. The van der Waals surface area contributed by atoms with E-state index in [1.165, 1.54) is 29.2 Å². The van der Waals surface area contributed by atoms with Gasteiger partial charge in [-0.25, -0.2) is 4.39 Å². The molecular weight excluding hydrogens is 558 g/mol. The third-order valence-corrected chi connectivity index (χ3v) is 6.93. The summed E-state index contributed by atoms with van der Waals surface area (Å²) in [5, 5.41) is 16.3. The molecular formula is C28H25Cl2FN6O3. The van der Waals surface area contributed by atoms with Crippen LogP contribution in [-0.2, 0) is 20.9 Å². The van der Waals surface area contributed by atoms with Crippen LogP contribution in [0.2, 0.25) is 10.0 Å². The average Bonchev–Trinajstić information content (AvgIpc) is 3.65. The van der Waals surface area contributed by atoms with E-state index in [2.05, 4.69) is 20.7 Å². The Morgan fingerprint density at radius 3 is 2.35 bits per heavy atom. The molecule has 5 rings (SSSR count). The molecule has 1 saturated heterocycles. The van der Waals surface area contributed by atoms with Crippen molar-refractivity contribution in [3.8, 4) is 11.4 Å². The van der Waals surface area contributed by atoms with Gasteiger partial charge in [-0.15, -0.1) is 10.2 Å². The molecule has 0 bridgehead atoms. The van der Waals surface area contributed by atoms with Gasteiger partial charge in [0.25, 0.3) is 5.91 Å². The van der Waals surface area contributed by atoms with Crippen LogP contribution in [0.5, 0.6) is 0 Å². The maximum absolute atomic E-state index is 13.9. The first-order valence-corrected chi connectivity index (χ1v) is 13.4. The molecule has 2 heterocycles. The van der Waals surface area contributed by atoms with Crippen molar-refractivity contribution < 1.29 is 18.7 Å². The number of tetrazole rings is 1. The molecule has 0 spiro atoms. The molecule has 3 aromatic carbocycles. The van der Waals surface area contributed by atoms with Crippen LogP contribution in [-0.4, -0.2) is 51.3 Å². The van der Waals surface area contributed by atoms with Crippen LogP contribution in [0.1, 0.15) is 24.4 Å². The number of carbonyl (C=O) groups excluding carboxylic acids is 2. The summed E-state index contributed by atoms with van der Waals surface area (Å²) in [6.45, 7) is 0.606. The quantitative estimate of drug-likeness (QED) is 0.302. The third kappa shape index (κ3) is 6.64. The molecule has 40 heavy (non-hydrogen) atoms. The van der Waals surface area contributed by atoms with Gasteiger partial charge in [0, 0.05) is 34.4 Å². The summed E-state index contributed by atoms with van der Waals surface area (Å²) in [7, 11) is 0. The largest absolute Gasteiger partial charge is 0.376 e. The number of rotatable bonds is 9. The summed E-state index contributed by atoms with van der Waals surface area (Å²) < 4.78 is 19.5. The summed E-state index contributed by atoms with van der Waals surface area (Å²) >= 11 is 12.1. The molecule has 12 heteroatoms. The normalized spacial score (nSPS) is 15.5. The number of benzene rings is 3. The maximum Gasteiger partial charge on any atom is 0.251 e. The van der Waals surface area contributed by atoms with E-state index in [-0.39, 0.29) is 19.2 Å². The fraction of sp³-hybridized carbons (Fsp3) is 0.250. The van der Waals surface area contributed by atoms with Crippen LogP contribution in [0.15, 0.2) is 72.8 Å². The highest BCUT2D eigenvalue weighted by molar-refractivity contribution is 6.31. The smallest absolute Gasteiger partial charge is 0.251 e. The monoisotopic (exact) mass is 582 g/mol. The molecule has 9 nitrogen and oxygen atoms in total. The zero-order valence-electron chi connectivity index (χ0n) is 21.2. The number of hydrogen-bond donors (Lipinski definition) is 1. The topological polar surface area (TPSA) is 102 Å². The zero-order valence-corrected chi connectivity index (χ0v) is 22.7. The molecule has 0 saturated carbocycles. The lowest BCUT2D eigenvalue weighted by Gasteiger charge is -2.31. The van der Waals surface area contributed by atoms with Crippen molar-refractivity contribution in [2.45, 2.75) is 31.5 Å². The van der Waals surface area contributed by atoms with Crippen LogP contribution in [0.25, 0.3) is 11.4 Å². The Morgan fingerprint density at radius 1 is 1.02 bits per heavy atom. The average molecular weight is 583 g/mol. The second kappa shape index (κ2) is 12.5. The fourth-order valence-corrected chi connectivity index (χ4v) is 4.69. The Labute approximate surface area is 239 Å². The van der Waals surface area contributed by atoms with E-state index < -0.39 is 23.7 Å². The molecule has 1 aliphatic heterocycles. The van der Waals surface area contributed by atoms with Crippen LogP contribution in [0.4, 0.5) is 10.1 Å². The molecule has 1 fully saturated rings. The maximum atomic E-state index is 13.9. The lowest BCUT2D eigenvalue weighted by molar-refractivity contribution is -0.127. The van der Waals surface area contributed by atoms with Gasteiger partial charge in [-0.1, -0.05) is 35.3 Å². The van der Waals surface area contributed by atoms with Crippen molar-refractivity contribution in [3.63, 3.8) is 0 Å². The molecule has 1 aliphatic rings. The van der Waals surface area contributed by atoms with Gasteiger partial charge >= 0.3 is 0 Å². The highest BCUT2D eigenvalue weighted by Gasteiger charge is 2.34. The van der Waals surface area contributed by atoms with Crippen LogP contribution < -0.4 is 10.2 Å². The summed E-state index contributed by atoms with van der Waals surface area (Å²) in [5.41, 5.74) is 1.51. The van der Waals surface area contributed by atoms with E-state index in [1.807, 2.05) is 0 Å². The van der Waals surface area contributed by atoms with Crippen molar-refractivity contribution in [2.75, 3.05) is 18.1 Å². The van der Waals surface area contributed by atoms with E-state index in [1.54, 1.807) is 48.5 Å². The van der Waals surface area contributed by atoms with E-state index in [0.717, 1.165) is 17.6 Å². The van der Waals surface area contributed by atoms with Crippen LogP contribution in [0, 0.1) is 5.82 Å². The van der Waals surface area contributed by atoms with E-state index in [9.17, 15) is 14.0 Å². The number of nitrogens with zero attached hydrogens (tertiary/aromatic N) is 5. The minimum absolute atomic E-state index is 0.108. The van der Waals surface area contributed by atoms with Crippen molar-refractivity contribution >= 4 is 40.7 Å². The predicted molar refractivity (Wildman–Crippen MR) is 148 cm³/mol. The molecule has 1 N–H and O–H groups in total. The molecule has 0 unspecified atom stereocenters. The molecule has 0 aliphatic carbocycles. The molecule has 2 amide bonds. The highest BCUT2D eigenvalue weighted by atomic mass is 35.5. The first-order chi connectivity index (χ1) is 19.4.